The lowest BCUT2D eigenvalue weighted by molar-refractivity contribution is 0.0549. The number of hydrogen-bond acceptors (Lipinski definition) is 1. The summed E-state index contributed by atoms with van der Waals surface area (Å²) in [5, 5.41) is 0. The van der Waals surface area contributed by atoms with Crippen LogP contribution < -0.4 is 0 Å². The van der Waals surface area contributed by atoms with Gasteiger partial charge in [0, 0.05) is 6.61 Å². The molecule has 0 aromatic rings. The maximum atomic E-state index is 5.44. The maximum absolute atomic E-state index is 5.44. The van der Waals surface area contributed by atoms with Crippen LogP contribution in [0.15, 0.2) is 0 Å². The average Bonchev–Trinajstić information content (AvgIpc) is 1.82. The van der Waals surface area contributed by atoms with Gasteiger partial charge in [0.05, 0.1) is 6.10 Å². The van der Waals surface area contributed by atoms with Gasteiger partial charge in [-0.25, -0.2) is 0 Å². The predicted octanol–water partition coefficient (Wildman–Crippen LogP) is 2.66. The maximum Gasteiger partial charge on any atom is 0.0549 e. The first-order chi connectivity index (χ1) is 4.66. The van der Waals surface area contributed by atoms with Crippen LogP contribution in [-0.2, 0) is 4.74 Å². The van der Waals surface area contributed by atoms with Crippen molar-refractivity contribution in [2.24, 2.45) is 5.92 Å². The van der Waals surface area contributed by atoms with E-state index in [-0.39, 0.29) is 0 Å². The summed E-state index contributed by atoms with van der Waals surface area (Å²) >= 11 is 0. The Morgan fingerprint density at radius 1 is 1.30 bits per heavy atom. The third kappa shape index (κ3) is 6.09. The monoisotopic (exact) mass is 143 g/mol. The third-order valence-corrected chi connectivity index (χ3v) is 1.35. The van der Waals surface area contributed by atoms with E-state index in [1.54, 1.807) is 0 Å². The molecule has 0 fully saturated rings. The molecule has 1 atom stereocenters. The molecule has 0 aromatic heterocycles. The molecule has 10 heavy (non-hydrogen) atoms. The van der Waals surface area contributed by atoms with Crippen molar-refractivity contribution in [3.63, 3.8) is 0 Å². The summed E-state index contributed by atoms with van der Waals surface area (Å²) in [6.07, 6.45) is 2.43. The highest BCUT2D eigenvalue weighted by atomic mass is 16.5. The van der Waals surface area contributed by atoms with Crippen molar-refractivity contribution < 1.29 is 4.74 Å². The molecule has 0 heterocycles. The van der Waals surface area contributed by atoms with Crippen LogP contribution in [0.1, 0.15) is 33.6 Å². The normalized spacial score (nSPS) is 14.1. The van der Waals surface area contributed by atoms with E-state index in [1.165, 1.54) is 0 Å². The van der Waals surface area contributed by atoms with Gasteiger partial charge in [0.1, 0.15) is 0 Å². The Hall–Kier alpha value is -0.0400. The van der Waals surface area contributed by atoms with Gasteiger partial charge in [-0.1, -0.05) is 20.8 Å². The molecule has 1 heteroatoms. The van der Waals surface area contributed by atoms with E-state index in [4.69, 9.17) is 4.74 Å². The molecule has 1 radical (unpaired) electrons. The summed E-state index contributed by atoms with van der Waals surface area (Å²) in [7, 11) is 0. The molecule has 0 amide bonds. The van der Waals surface area contributed by atoms with E-state index >= 15 is 0 Å². The van der Waals surface area contributed by atoms with Crippen LogP contribution in [0.5, 0.6) is 0 Å². The largest absolute Gasteiger partial charge is 0.379 e. The molecule has 0 saturated heterocycles. The zero-order chi connectivity index (χ0) is 7.98. The van der Waals surface area contributed by atoms with E-state index in [2.05, 4.69) is 27.7 Å². The molecule has 0 saturated carbocycles. The Morgan fingerprint density at radius 2 is 1.90 bits per heavy atom. The first-order valence-electron chi connectivity index (χ1n) is 4.07. The molecule has 0 rings (SSSR count). The summed E-state index contributed by atoms with van der Waals surface area (Å²) in [5.41, 5.74) is 0. The second-order valence-electron chi connectivity index (χ2n) is 3.16. The first-order valence-corrected chi connectivity index (χ1v) is 4.07. The van der Waals surface area contributed by atoms with Crippen LogP contribution >= 0.6 is 0 Å². The van der Waals surface area contributed by atoms with Gasteiger partial charge in [0.25, 0.3) is 0 Å². The molecule has 1 nitrogen and oxygen atoms in total. The van der Waals surface area contributed by atoms with Crippen LogP contribution in [0.2, 0.25) is 0 Å². The van der Waals surface area contributed by atoms with Crippen molar-refractivity contribution in [2.75, 3.05) is 6.61 Å². The molecule has 0 N–H and O–H groups in total. The highest BCUT2D eigenvalue weighted by molar-refractivity contribution is 4.53. The molecular weight excluding hydrogens is 124 g/mol. The zero-order valence-corrected chi connectivity index (χ0v) is 7.39. The van der Waals surface area contributed by atoms with E-state index in [0.29, 0.717) is 6.10 Å². The molecular formula is C9H19O. The molecule has 0 aromatic carbocycles. The van der Waals surface area contributed by atoms with E-state index < -0.39 is 0 Å². The van der Waals surface area contributed by atoms with Crippen molar-refractivity contribution in [3.05, 3.63) is 6.92 Å². The van der Waals surface area contributed by atoms with Crippen LogP contribution in [0.3, 0.4) is 0 Å². The van der Waals surface area contributed by atoms with Crippen LogP contribution in [-0.4, -0.2) is 12.7 Å². The zero-order valence-electron chi connectivity index (χ0n) is 7.39. The van der Waals surface area contributed by atoms with Crippen molar-refractivity contribution in [1.82, 2.24) is 0 Å². The smallest absolute Gasteiger partial charge is 0.0549 e. The number of rotatable bonds is 5. The Morgan fingerprint density at radius 3 is 2.30 bits per heavy atom. The molecule has 0 aliphatic rings. The van der Waals surface area contributed by atoms with Crippen molar-refractivity contribution in [3.8, 4) is 0 Å². The van der Waals surface area contributed by atoms with Gasteiger partial charge in [-0.3, -0.25) is 0 Å². The second kappa shape index (κ2) is 5.72. The fourth-order valence-electron chi connectivity index (χ4n) is 1.02. The highest BCUT2D eigenvalue weighted by Gasteiger charge is 2.03. The number of ether oxygens (including phenoxy) is 1. The highest BCUT2D eigenvalue weighted by Crippen LogP contribution is 2.07. The van der Waals surface area contributed by atoms with Crippen molar-refractivity contribution >= 4 is 0 Å². The van der Waals surface area contributed by atoms with Crippen molar-refractivity contribution in [2.45, 2.75) is 39.7 Å². The first kappa shape index (κ1) is 9.96. The molecule has 0 spiro atoms. The third-order valence-electron chi connectivity index (χ3n) is 1.35. The summed E-state index contributed by atoms with van der Waals surface area (Å²) in [5.74, 6) is 0.736. The quantitative estimate of drug-likeness (QED) is 0.575. The van der Waals surface area contributed by atoms with Crippen LogP contribution in [0, 0.1) is 12.8 Å². The molecule has 0 aliphatic carbocycles. The van der Waals surface area contributed by atoms with Crippen LogP contribution in [0.25, 0.3) is 0 Å². The Bertz CT molecular complexity index is 69.1. The predicted molar refractivity (Wildman–Crippen MR) is 44.8 cm³/mol. The van der Waals surface area contributed by atoms with Gasteiger partial charge >= 0.3 is 0 Å². The van der Waals surface area contributed by atoms with Gasteiger partial charge in [-0.15, -0.1) is 0 Å². The van der Waals surface area contributed by atoms with Gasteiger partial charge in [0.15, 0.2) is 0 Å². The summed E-state index contributed by atoms with van der Waals surface area (Å²) in [6, 6.07) is 0. The summed E-state index contributed by atoms with van der Waals surface area (Å²) in [6.45, 7) is 11.1. The van der Waals surface area contributed by atoms with E-state index in [9.17, 15) is 0 Å². The fourth-order valence-corrected chi connectivity index (χ4v) is 1.02. The van der Waals surface area contributed by atoms with Crippen molar-refractivity contribution in [1.29, 1.82) is 0 Å². The number of hydrogen-bond donors (Lipinski definition) is 0. The minimum absolute atomic E-state index is 0.404. The lowest BCUT2D eigenvalue weighted by Gasteiger charge is -2.13. The molecule has 0 bridgehead atoms. The van der Waals surface area contributed by atoms with Crippen LogP contribution in [0.4, 0.5) is 0 Å². The Kier molecular flexibility index (Phi) is 5.70. The minimum Gasteiger partial charge on any atom is -0.379 e. The average molecular weight is 143 g/mol. The molecule has 0 aliphatic heterocycles. The van der Waals surface area contributed by atoms with E-state index in [1.807, 2.05) is 0 Å². The summed E-state index contributed by atoms with van der Waals surface area (Å²) in [4.78, 5) is 0. The SMILES string of the molecule is [CH2]CCOC(C)CC(C)C. The second-order valence-corrected chi connectivity index (χ2v) is 3.16. The fraction of sp³-hybridized carbons (Fsp3) is 0.889. The van der Waals surface area contributed by atoms with Gasteiger partial charge in [-0.05, 0) is 25.7 Å². The topological polar surface area (TPSA) is 9.23 Å². The summed E-state index contributed by atoms with van der Waals surface area (Å²) < 4.78 is 5.44. The van der Waals surface area contributed by atoms with E-state index in [0.717, 1.165) is 25.4 Å². The molecule has 61 valence electrons. The Labute approximate surface area is 64.8 Å². The lowest BCUT2D eigenvalue weighted by Crippen LogP contribution is -2.11. The van der Waals surface area contributed by atoms with Gasteiger partial charge in [-0.2, -0.15) is 0 Å². The Balaban J connectivity index is 3.16. The lowest BCUT2D eigenvalue weighted by atomic mass is 10.1. The molecule has 1 unspecified atom stereocenters. The van der Waals surface area contributed by atoms with Gasteiger partial charge < -0.3 is 4.74 Å². The van der Waals surface area contributed by atoms with Gasteiger partial charge in [0.2, 0.25) is 0 Å². The minimum atomic E-state index is 0.404. The standard InChI is InChI=1S/C9H19O/c1-5-6-10-9(4)7-8(2)3/h8-9H,1,5-7H2,2-4H3.